The summed E-state index contributed by atoms with van der Waals surface area (Å²) in [5.41, 5.74) is 2.83. The highest BCUT2D eigenvalue weighted by molar-refractivity contribution is 6.30. The van der Waals surface area contributed by atoms with Crippen molar-refractivity contribution in [2.24, 2.45) is 0 Å². The Hall–Kier alpha value is -0.570. The molecule has 1 aliphatic carbocycles. The molecule has 0 aromatic heterocycles. The van der Waals surface area contributed by atoms with E-state index < -0.39 is 0 Å². The summed E-state index contributed by atoms with van der Waals surface area (Å²) >= 11 is 6.05. The van der Waals surface area contributed by atoms with Gasteiger partial charge >= 0.3 is 0 Å². The Bertz CT molecular complexity index is 399. The SMILES string of the molecule is Clc1ccc2c(c1)CCC[C@@]21COCCN1. The average Bonchev–Trinajstić information content (AvgIpc) is 2.30. The molecule has 0 bridgehead atoms. The van der Waals surface area contributed by atoms with Crippen LogP contribution in [-0.2, 0) is 16.7 Å². The Balaban J connectivity index is 2.04. The lowest BCUT2D eigenvalue weighted by Gasteiger charge is -2.42. The molecular weight excluding hydrogens is 222 g/mol. The Labute approximate surface area is 101 Å². The summed E-state index contributed by atoms with van der Waals surface area (Å²) in [6, 6.07) is 6.26. The van der Waals surface area contributed by atoms with E-state index in [1.54, 1.807) is 0 Å². The molecule has 1 atom stereocenters. The average molecular weight is 238 g/mol. The monoisotopic (exact) mass is 237 g/mol. The molecule has 1 spiro atoms. The van der Waals surface area contributed by atoms with Crippen molar-refractivity contribution < 1.29 is 4.74 Å². The van der Waals surface area contributed by atoms with E-state index in [0.29, 0.717) is 0 Å². The van der Waals surface area contributed by atoms with Gasteiger partial charge < -0.3 is 10.1 Å². The second-order valence-electron chi connectivity index (χ2n) is 4.72. The van der Waals surface area contributed by atoms with Gasteiger partial charge in [0.2, 0.25) is 0 Å². The second kappa shape index (κ2) is 4.02. The van der Waals surface area contributed by atoms with Crippen molar-refractivity contribution in [2.75, 3.05) is 19.8 Å². The summed E-state index contributed by atoms with van der Waals surface area (Å²) in [6.45, 7) is 2.56. The van der Waals surface area contributed by atoms with Gasteiger partial charge in [0.25, 0.3) is 0 Å². The summed E-state index contributed by atoms with van der Waals surface area (Å²) in [5, 5.41) is 4.48. The highest BCUT2D eigenvalue weighted by Crippen LogP contribution is 2.37. The van der Waals surface area contributed by atoms with Gasteiger partial charge in [0.15, 0.2) is 0 Å². The largest absolute Gasteiger partial charge is 0.378 e. The van der Waals surface area contributed by atoms with Gasteiger partial charge in [0.05, 0.1) is 18.8 Å². The zero-order valence-electron chi connectivity index (χ0n) is 9.26. The second-order valence-corrected chi connectivity index (χ2v) is 5.15. The number of aryl methyl sites for hydroxylation is 1. The lowest BCUT2D eigenvalue weighted by atomic mass is 9.76. The minimum Gasteiger partial charge on any atom is -0.378 e. The van der Waals surface area contributed by atoms with Gasteiger partial charge in [-0.1, -0.05) is 17.7 Å². The van der Waals surface area contributed by atoms with Crippen molar-refractivity contribution in [3.8, 4) is 0 Å². The predicted octanol–water partition coefficient (Wildman–Crippen LogP) is 2.49. The van der Waals surface area contributed by atoms with Crippen LogP contribution in [0.5, 0.6) is 0 Å². The van der Waals surface area contributed by atoms with Crippen LogP contribution in [0.4, 0.5) is 0 Å². The first-order valence-electron chi connectivity index (χ1n) is 5.92. The van der Waals surface area contributed by atoms with E-state index in [1.165, 1.54) is 24.0 Å². The first-order chi connectivity index (χ1) is 7.80. The van der Waals surface area contributed by atoms with Gasteiger partial charge in [-0.2, -0.15) is 0 Å². The molecule has 86 valence electrons. The molecule has 16 heavy (non-hydrogen) atoms. The topological polar surface area (TPSA) is 21.3 Å². The maximum atomic E-state index is 6.05. The number of halogens is 1. The third-order valence-corrected chi connectivity index (χ3v) is 3.93. The van der Waals surface area contributed by atoms with E-state index in [0.717, 1.165) is 31.2 Å². The highest BCUT2D eigenvalue weighted by atomic mass is 35.5. The van der Waals surface area contributed by atoms with E-state index in [1.807, 2.05) is 6.07 Å². The van der Waals surface area contributed by atoms with Crippen LogP contribution in [0.1, 0.15) is 24.0 Å². The maximum Gasteiger partial charge on any atom is 0.0691 e. The number of hydrogen-bond donors (Lipinski definition) is 1. The zero-order valence-corrected chi connectivity index (χ0v) is 10.0. The van der Waals surface area contributed by atoms with Gasteiger partial charge in [0.1, 0.15) is 0 Å². The summed E-state index contributed by atoms with van der Waals surface area (Å²) in [4.78, 5) is 0. The first kappa shape index (κ1) is 10.6. The van der Waals surface area contributed by atoms with Crippen LogP contribution in [0.15, 0.2) is 18.2 Å². The molecule has 0 radical (unpaired) electrons. The molecule has 3 rings (SSSR count). The lowest BCUT2D eigenvalue weighted by molar-refractivity contribution is 0.0169. The molecule has 0 unspecified atom stereocenters. The van der Waals surface area contributed by atoms with Crippen LogP contribution < -0.4 is 5.32 Å². The van der Waals surface area contributed by atoms with Crippen molar-refractivity contribution in [1.82, 2.24) is 5.32 Å². The third kappa shape index (κ3) is 1.65. The fraction of sp³-hybridized carbons (Fsp3) is 0.538. The van der Waals surface area contributed by atoms with Crippen LogP contribution in [0.3, 0.4) is 0 Å². The van der Waals surface area contributed by atoms with Crippen molar-refractivity contribution in [2.45, 2.75) is 24.8 Å². The van der Waals surface area contributed by atoms with Crippen LogP contribution >= 0.6 is 11.6 Å². The summed E-state index contributed by atoms with van der Waals surface area (Å²) < 4.78 is 5.65. The smallest absolute Gasteiger partial charge is 0.0691 e. The number of nitrogens with one attached hydrogen (secondary N) is 1. The van der Waals surface area contributed by atoms with E-state index >= 15 is 0 Å². The van der Waals surface area contributed by atoms with Gasteiger partial charge in [-0.25, -0.2) is 0 Å². The predicted molar refractivity (Wildman–Crippen MR) is 64.9 cm³/mol. The van der Waals surface area contributed by atoms with E-state index in [2.05, 4.69) is 17.4 Å². The van der Waals surface area contributed by atoms with Gasteiger partial charge in [-0.15, -0.1) is 0 Å². The van der Waals surface area contributed by atoms with Crippen molar-refractivity contribution in [3.63, 3.8) is 0 Å². The van der Waals surface area contributed by atoms with Crippen LogP contribution in [-0.4, -0.2) is 19.8 Å². The number of hydrogen-bond acceptors (Lipinski definition) is 2. The summed E-state index contributed by atoms with van der Waals surface area (Å²) in [6.07, 6.45) is 3.52. The Morgan fingerprint density at radius 1 is 1.38 bits per heavy atom. The molecule has 1 N–H and O–H groups in total. The van der Waals surface area contributed by atoms with Crippen LogP contribution in [0.2, 0.25) is 5.02 Å². The van der Waals surface area contributed by atoms with Gasteiger partial charge in [-0.05, 0) is 42.5 Å². The minimum atomic E-state index is 0.0520. The third-order valence-electron chi connectivity index (χ3n) is 3.69. The molecule has 2 aliphatic rings. The molecule has 3 heteroatoms. The normalized spacial score (nSPS) is 29.1. The summed E-state index contributed by atoms with van der Waals surface area (Å²) in [7, 11) is 0. The van der Waals surface area contributed by atoms with E-state index in [4.69, 9.17) is 16.3 Å². The molecule has 1 aromatic rings. The Morgan fingerprint density at radius 3 is 3.12 bits per heavy atom. The first-order valence-corrected chi connectivity index (χ1v) is 6.30. The summed E-state index contributed by atoms with van der Waals surface area (Å²) in [5.74, 6) is 0. The van der Waals surface area contributed by atoms with E-state index in [9.17, 15) is 0 Å². The number of benzene rings is 1. The number of ether oxygens (including phenoxy) is 1. The Kier molecular flexibility index (Phi) is 2.66. The molecule has 1 aromatic carbocycles. The van der Waals surface area contributed by atoms with Crippen molar-refractivity contribution in [3.05, 3.63) is 34.3 Å². The molecule has 0 amide bonds. The molecule has 1 aliphatic heterocycles. The minimum absolute atomic E-state index is 0.0520. The molecule has 0 saturated carbocycles. The quantitative estimate of drug-likeness (QED) is 0.749. The fourth-order valence-electron chi connectivity index (χ4n) is 2.94. The molecule has 2 nitrogen and oxygen atoms in total. The fourth-order valence-corrected chi connectivity index (χ4v) is 3.14. The van der Waals surface area contributed by atoms with Crippen LogP contribution in [0.25, 0.3) is 0 Å². The van der Waals surface area contributed by atoms with Gasteiger partial charge in [0, 0.05) is 11.6 Å². The molecule has 1 fully saturated rings. The lowest BCUT2D eigenvalue weighted by Crippen LogP contribution is -2.53. The zero-order chi connectivity index (χ0) is 11.0. The number of fused-ring (bicyclic) bond motifs is 2. The maximum absolute atomic E-state index is 6.05. The standard InChI is InChI=1S/C13H16ClNO/c14-11-3-4-12-10(8-11)2-1-5-13(12)9-16-7-6-15-13/h3-4,8,15H,1-2,5-7,9H2/t13-/m1/s1. The molecule has 1 heterocycles. The van der Waals surface area contributed by atoms with Gasteiger partial charge in [-0.3, -0.25) is 0 Å². The number of rotatable bonds is 0. The van der Waals surface area contributed by atoms with Crippen molar-refractivity contribution in [1.29, 1.82) is 0 Å². The molecule has 1 saturated heterocycles. The Morgan fingerprint density at radius 2 is 2.31 bits per heavy atom. The molecular formula is C13H16ClNO. The van der Waals surface area contributed by atoms with Crippen molar-refractivity contribution >= 4 is 11.6 Å². The van der Waals surface area contributed by atoms with Crippen LogP contribution in [0, 0.1) is 0 Å². The number of morpholine rings is 1. The highest BCUT2D eigenvalue weighted by Gasteiger charge is 2.38. The van der Waals surface area contributed by atoms with E-state index in [-0.39, 0.29) is 5.54 Å².